The first-order valence-corrected chi connectivity index (χ1v) is 3.94. The Morgan fingerprint density at radius 3 is 1.07 bits per heavy atom. The van der Waals surface area contributed by atoms with Gasteiger partial charge in [-0.05, 0) is 0 Å². The summed E-state index contributed by atoms with van der Waals surface area (Å²) in [6.07, 6.45) is -0.954. The average molecular weight is 215 g/mol. The molecule has 0 amide bonds. The number of rotatable bonds is 2. The molecule has 5 N–H and O–H groups in total. The fourth-order valence-corrected chi connectivity index (χ4v) is 0.0577. The Morgan fingerprint density at radius 1 is 0.929 bits per heavy atom. The van der Waals surface area contributed by atoms with E-state index in [2.05, 4.69) is 28.2 Å². The van der Waals surface area contributed by atoms with E-state index < -0.39 is 6.10 Å². The van der Waals surface area contributed by atoms with Crippen LogP contribution in [0.15, 0.2) is 0 Å². The summed E-state index contributed by atoms with van der Waals surface area (Å²) in [5.74, 6) is 0. The summed E-state index contributed by atoms with van der Waals surface area (Å²) in [5.41, 5.74) is 0. The SMILES string of the molecule is CO.C[N+](C)(C)C.OCC(O)CO.[OH-]. The van der Waals surface area contributed by atoms with E-state index in [1.54, 1.807) is 0 Å². The molecule has 6 nitrogen and oxygen atoms in total. The van der Waals surface area contributed by atoms with Crippen LogP contribution in [0.3, 0.4) is 0 Å². The summed E-state index contributed by atoms with van der Waals surface area (Å²) in [6, 6.07) is 0. The molecule has 0 aliphatic heterocycles. The molecule has 6 heteroatoms. The minimum Gasteiger partial charge on any atom is -0.870 e. The molecule has 0 spiro atoms. The average Bonchev–Trinajstić information content (AvgIpc) is 2.04. The zero-order valence-corrected chi connectivity index (χ0v) is 9.67. The molecule has 0 fully saturated rings. The summed E-state index contributed by atoms with van der Waals surface area (Å²) in [6.45, 7) is -0.729. The Kier molecular flexibility index (Phi) is 25.6. The van der Waals surface area contributed by atoms with Crippen molar-refractivity contribution in [1.82, 2.24) is 0 Å². The molecule has 0 radical (unpaired) electrons. The van der Waals surface area contributed by atoms with Crippen molar-refractivity contribution in [2.75, 3.05) is 48.5 Å². The number of quaternary nitrogens is 1. The van der Waals surface area contributed by atoms with Crippen molar-refractivity contribution in [2.45, 2.75) is 6.10 Å². The van der Waals surface area contributed by atoms with E-state index in [1.165, 1.54) is 0 Å². The van der Waals surface area contributed by atoms with E-state index in [4.69, 9.17) is 20.4 Å². The van der Waals surface area contributed by atoms with Crippen molar-refractivity contribution in [3.63, 3.8) is 0 Å². The van der Waals surface area contributed by atoms with Crippen LogP contribution in [0.5, 0.6) is 0 Å². The van der Waals surface area contributed by atoms with Crippen LogP contribution in [0.1, 0.15) is 0 Å². The van der Waals surface area contributed by atoms with Gasteiger partial charge in [0.15, 0.2) is 0 Å². The van der Waals surface area contributed by atoms with Gasteiger partial charge in [-0.1, -0.05) is 0 Å². The van der Waals surface area contributed by atoms with Crippen molar-refractivity contribution in [2.24, 2.45) is 0 Å². The lowest BCUT2D eigenvalue weighted by Gasteiger charge is -2.14. The van der Waals surface area contributed by atoms with Crippen LogP contribution in [0, 0.1) is 0 Å². The first kappa shape index (κ1) is 23.5. The van der Waals surface area contributed by atoms with Gasteiger partial charge in [0.1, 0.15) is 6.10 Å². The molecule has 92 valence electrons. The quantitative estimate of drug-likeness (QED) is 0.402. The Labute approximate surface area is 85.9 Å². The lowest BCUT2D eigenvalue weighted by atomic mass is 10.4. The van der Waals surface area contributed by atoms with Crippen LogP contribution in [0.4, 0.5) is 0 Å². The van der Waals surface area contributed by atoms with Crippen LogP contribution < -0.4 is 0 Å². The molecular weight excluding hydrogens is 190 g/mol. The van der Waals surface area contributed by atoms with Gasteiger partial charge < -0.3 is 30.4 Å². The first-order chi connectivity index (χ1) is 5.81. The normalized spacial score (nSPS) is 9.00. The van der Waals surface area contributed by atoms with Crippen molar-refractivity contribution in [3.05, 3.63) is 0 Å². The van der Waals surface area contributed by atoms with Crippen molar-refractivity contribution in [1.29, 1.82) is 0 Å². The largest absolute Gasteiger partial charge is 0.870 e. The van der Waals surface area contributed by atoms with Crippen LogP contribution in [-0.2, 0) is 0 Å². The highest BCUT2D eigenvalue weighted by atomic mass is 16.3. The molecule has 0 aromatic heterocycles. The fourth-order valence-electron chi connectivity index (χ4n) is 0.0577. The van der Waals surface area contributed by atoms with Crippen molar-refractivity contribution >= 4 is 0 Å². The van der Waals surface area contributed by atoms with Gasteiger partial charge in [-0.25, -0.2) is 0 Å². The highest BCUT2D eigenvalue weighted by molar-refractivity contribution is 4.43. The molecule has 0 atom stereocenters. The molecule has 0 unspecified atom stereocenters. The van der Waals surface area contributed by atoms with Gasteiger partial charge in [0.05, 0.1) is 41.4 Å². The number of nitrogens with zero attached hydrogens (tertiary/aromatic N) is 1. The van der Waals surface area contributed by atoms with Crippen LogP contribution in [0.25, 0.3) is 0 Å². The van der Waals surface area contributed by atoms with Crippen molar-refractivity contribution in [3.8, 4) is 0 Å². The Morgan fingerprint density at radius 2 is 1.07 bits per heavy atom. The van der Waals surface area contributed by atoms with E-state index in [0.717, 1.165) is 11.6 Å². The van der Waals surface area contributed by atoms with Crippen LogP contribution in [-0.4, -0.2) is 85.0 Å². The highest BCUT2D eigenvalue weighted by Crippen LogP contribution is 1.73. The van der Waals surface area contributed by atoms with Gasteiger partial charge in [0.2, 0.25) is 0 Å². The zero-order chi connectivity index (χ0) is 11.5. The maximum Gasteiger partial charge on any atom is 0.100 e. The van der Waals surface area contributed by atoms with Gasteiger partial charge in [-0.3, -0.25) is 0 Å². The van der Waals surface area contributed by atoms with E-state index >= 15 is 0 Å². The topological polar surface area (TPSA) is 111 Å². The first-order valence-electron chi connectivity index (χ1n) is 3.94. The fraction of sp³-hybridized carbons (Fsp3) is 1.00. The minimum atomic E-state index is -0.954. The molecule has 0 bridgehead atoms. The Balaban J connectivity index is -0.0000000576. The van der Waals surface area contributed by atoms with E-state index in [9.17, 15) is 0 Å². The third kappa shape index (κ3) is 96.3. The summed E-state index contributed by atoms with van der Waals surface area (Å²) in [4.78, 5) is 0. The van der Waals surface area contributed by atoms with Crippen molar-refractivity contribution < 1.29 is 30.4 Å². The van der Waals surface area contributed by atoms with Crippen LogP contribution >= 0.6 is 0 Å². The monoisotopic (exact) mass is 215 g/mol. The molecule has 14 heavy (non-hydrogen) atoms. The second kappa shape index (κ2) is 15.2. The molecule has 0 aliphatic carbocycles. The number of aliphatic hydroxyl groups is 4. The van der Waals surface area contributed by atoms with Gasteiger partial charge in [-0.15, -0.1) is 0 Å². The van der Waals surface area contributed by atoms with Gasteiger partial charge >= 0.3 is 0 Å². The highest BCUT2D eigenvalue weighted by Gasteiger charge is 1.93. The van der Waals surface area contributed by atoms with Gasteiger partial charge in [0, 0.05) is 7.11 Å². The Bertz CT molecular complexity index is 74.3. The molecule has 0 heterocycles. The van der Waals surface area contributed by atoms with Gasteiger partial charge in [-0.2, -0.15) is 0 Å². The summed E-state index contributed by atoms with van der Waals surface area (Å²) >= 11 is 0. The molecule has 0 saturated carbocycles. The number of hydrogen-bond donors (Lipinski definition) is 4. The van der Waals surface area contributed by atoms with E-state index in [-0.39, 0.29) is 18.7 Å². The number of hydrogen-bond acceptors (Lipinski definition) is 5. The molecular formula is C8H25NO5. The van der Waals surface area contributed by atoms with Gasteiger partial charge in [0.25, 0.3) is 0 Å². The smallest absolute Gasteiger partial charge is 0.100 e. The minimum absolute atomic E-state index is 0. The summed E-state index contributed by atoms with van der Waals surface area (Å²) < 4.78 is 1.00. The van der Waals surface area contributed by atoms with E-state index in [1.807, 2.05) is 0 Å². The zero-order valence-electron chi connectivity index (χ0n) is 9.67. The van der Waals surface area contributed by atoms with Crippen LogP contribution in [0.2, 0.25) is 0 Å². The number of aliphatic hydroxyl groups excluding tert-OH is 4. The maximum atomic E-state index is 8.17. The third-order valence-electron chi connectivity index (χ3n) is 0.421. The standard InChI is InChI=1S/C4H12N.C3H8O3.CH4O.H2O/c1-5(2,3)4;4-1-3(6)2-5;1-2;/h1-4H3;3-6H,1-2H2;2H,1H3;1H2/q+1;;;/p-1. The summed E-state index contributed by atoms with van der Waals surface area (Å²) in [5, 5.41) is 31.0. The molecule has 0 aliphatic rings. The third-order valence-corrected chi connectivity index (χ3v) is 0.421. The Hall–Kier alpha value is -0.240. The molecule has 0 saturated heterocycles. The molecule has 0 aromatic carbocycles. The summed E-state index contributed by atoms with van der Waals surface area (Å²) in [7, 11) is 9.50. The molecule has 0 rings (SSSR count). The second-order valence-corrected chi connectivity index (χ2v) is 3.70. The lowest BCUT2D eigenvalue weighted by Crippen LogP contribution is -2.27. The van der Waals surface area contributed by atoms with E-state index in [0.29, 0.717) is 0 Å². The lowest BCUT2D eigenvalue weighted by molar-refractivity contribution is -0.849. The predicted molar refractivity (Wildman–Crippen MR) is 54.2 cm³/mol. The predicted octanol–water partition coefficient (Wildman–Crippen LogP) is -1.91. The second-order valence-electron chi connectivity index (χ2n) is 3.70. The molecule has 0 aromatic rings. The maximum absolute atomic E-state index is 8.17.